The maximum atomic E-state index is 12.6. The van der Waals surface area contributed by atoms with Crippen molar-refractivity contribution in [3.8, 4) is 5.75 Å². The monoisotopic (exact) mass is 426 g/mol. The lowest BCUT2D eigenvalue weighted by atomic mass is 10.2. The minimum atomic E-state index is -0.314. The van der Waals surface area contributed by atoms with Gasteiger partial charge in [0.15, 0.2) is 0 Å². The zero-order valence-electron chi connectivity index (χ0n) is 16.2. The van der Waals surface area contributed by atoms with Gasteiger partial charge in [-0.15, -0.1) is 23.1 Å². The molecule has 0 atom stereocenters. The van der Waals surface area contributed by atoms with Crippen LogP contribution in [0.5, 0.6) is 5.75 Å². The van der Waals surface area contributed by atoms with Gasteiger partial charge in [-0.05, 0) is 48.2 Å². The predicted octanol–water partition coefficient (Wildman–Crippen LogP) is 4.73. The van der Waals surface area contributed by atoms with Crippen molar-refractivity contribution in [2.45, 2.75) is 17.6 Å². The van der Waals surface area contributed by atoms with Crippen molar-refractivity contribution < 1.29 is 14.3 Å². The molecule has 0 radical (unpaired) electrons. The molecule has 0 unspecified atom stereocenters. The van der Waals surface area contributed by atoms with E-state index in [-0.39, 0.29) is 18.4 Å². The quantitative estimate of drug-likeness (QED) is 0.511. The third kappa shape index (κ3) is 5.85. The van der Waals surface area contributed by atoms with E-state index in [9.17, 15) is 9.59 Å². The Morgan fingerprint density at radius 3 is 2.69 bits per heavy atom. The highest BCUT2D eigenvalue weighted by atomic mass is 32.2. The van der Waals surface area contributed by atoms with Gasteiger partial charge in [-0.2, -0.15) is 0 Å². The number of anilines is 1. The van der Waals surface area contributed by atoms with Gasteiger partial charge in [-0.1, -0.05) is 24.3 Å². The Hall–Kier alpha value is -2.77. The number of aryl methyl sites for hydroxylation is 1. The summed E-state index contributed by atoms with van der Waals surface area (Å²) in [6.07, 6.45) is 0. The Morgan fingerprint density at radius 1 is 1.10 bits per heavy atom. The fourth-order valence-corrected chi connectivity index (χ4v) is 4.52. The summed E-state index contributed by atoms with van der Waals surface area (Å²) < 4.78 is 5.27. The average molecular weight is 427 g/mol. The van der Waals surface area contributed by atoms with Crippen molar-refractivity contribution in [2.75, 3.05) is 19.0 Å². The van der Waals surface area contributed by atoms with Gasteiger partial charge in [-0.25, -0.2) is 0 Å². The van der Waals surface area contributed by atoms with E-state index >= 15 is 0 Å². The number of carbonyl (C=O) groups excluding carboxylic acids is 2. The summed E-state index contributed by atoms with van der Waals surface area (Å²) in [6, 6.07) is 17.0. The largest absolute Gasteiger partial charge is 0.495 e. The van der Waals surface area contributed by atoms with Gasteiger partial charge in [0, 0.05) is 15.5 Å². The van der Waals surface area contributed by atoms with E-state index < -0.39 is 0 Å². The first-order chi connectivity index (χ1) is 14.1. The molecule has 0 fully saturated rings. The van der Waals surface area contributed by atoms with Crippen LogP contribution in [0.2, 0.25) is 0 Å². The molecule has 0 aliphatic heterocycles. The molecule has 0 bridgehead atoms. The number of amides is 2. The van der Waals surface area contributed by atoms with Crippen LogP contribution in [0.1, 0.15) is 20.8 Å². The van der Waals surface area contributed by atoms with Crippen LogP contribution in [0.15, 0.2) is 64.9 Å². The van der Waals surface area contributed by atoms with Crippen LogP contribution in [0, 0.1) is 6.92 Å². The number of ether oxygens (including phenoxy) is 1. The van der Waals surface area contributed by atoms with Crippen molar-refractivity contribution in [1.29, 1.82) is 0 Å². The summed E-state index contributed by atoms with van der Waals surface area (Å²) in [5, 5.41) is 7.53. The molecule has 0 aliphatic carbocycles. The molecule has 29 heavy (non-hydrogen) atoms. The third-order valence-corrected chi connectivity index (χ3v) is 6.30. The first-order valence-electron chi connectivity index (χ1n) is 9.03. The fourth-order valence-electron chi connectivity index (χ4n) is 2.69. The second-order valence-corrected chi connectivity index (χ2v) is 8.35. The first-order valence-corrected chi connectivity index (χ1v) is 10.9. The Kier molecular flexibility index (Phi) is 7.32. The molecule has 2 aromatic carbocycles. The van der Waals surface area contributed by atoms with E-state index in [0.717, 1.165) is 16.2 Å². The predicted molar refractivity (Wildman–Crippen MR) is 119 cm³/mol. The summed E-state index contributed by atoms with van der Waals surface area (Å²) in [6.45, 7) is 1.81. The molecule has 150 valence electrons. The maximum absolute atomic E-state index is 12.6. The second-order valence-electron chi connectivity index (χ2n) is 6.30. The number of thiophene rings is 1. The molecule has 0 saturated heterocycles. The highest BCUT2D eigenvalue weighted by Gasteiger charge is 2.14. The van der Waals surface area contributed by atoms with Crippen LogP contribution in [0.25, 0.3) is 0 Å². The van der Waals surface area contributed by atoms with E-state index in [2.05, 4.69) is 16.7 Å². The lowest BCUT2D eigenvalue weighted by Crippen LogP contribution is -2.33. The molecular weight excluding hydrogens is 404 g/mol. The number of thioether (sulfide) groups is 1. The van der Waals surface area contributed by atoms with E-state index in [0.29, 0.717) is 17.0 Å². The molecule has 0 aliphatic rings. The fraction of sp³-hybridized carbons (Fsp3) is 0.182. The Balaban J connectivity index is 1.59. The standard InChI is InChI=1S/C22H22N2O3S2/c1-15-9-10-19(27-2)18(12-15)24-21(25)13-23-22(26)17-7-3-4-8-20(17)29-14-16-6-5-11-28-16/h3-12H,13-14H2,1-2H3,(H,23,26)(H,24,25). The number of carbonyl (C=O) groups is 2. The van der Waals surface area contributed by atoms with E-state index in [1.54, 1.807) is 42.3 Å². The van der Waals surface area contributed by atoms with E-state index in [1.807, 2.05) is 48.7 Å². The number of hydrogen-bond acceptors (Lipinski definition) is 5. The average Bonchev–Trinajstić information content (AvgIpc) is 3.24. The van der Waals surface area contributed by atoms with Crippen molar-refractivity contribution in [1.82, 2.24) is 5.32 Å². The summed E-state index contributed by atoms with van der Waals surface area (Å²) >= 11 is 3.30. The number of rotatable bonds is 8. The van der Waals surface area contributed by atoms with Crippen LogP contribution in [-0.2, 0) is 10.5 Å². The summed E-state index contributed by atoms with van der Waals surface area (Å²) in [4.78, 5) is 27.1. The molecule has 0 spiro atoms. The van der Waals surface area contributed by atoms with Crippen LogP contribution in [0.3, 0.4) is 0 Å². The number of nitrogens with one attached hydrogen (secondary N) is 2. The van der Waals surface area contributed by atoms with Crippen LogP contribution < -0.4 is 15.4 Å². The van der Waals surface area contributed by atoms with Crippen LogP contribution in [0.4, 0.5) is 5.69 Å². The van der Waals surface area contributed by atoms with Crippen LogP contribution >= 0.6 is 23.1 Å². The molecule has 0 saturated carbocycles. The zero-order chi connectivity index (χ0) is 20.6. The minimum Gasteiger partial charge on any atom is -0.495 e. The SMILES string of the molecule is COc1ccc(C)cc1NC(=O)CNC(=O)c1ccccc1SCc1cccs1. The molecule has 2 amide bonds. The minimum absolute atomic E-state index is 0.125. The molecule has 7 heteroatoms. The molecule has 1 aromatic heterocycles. The maximum Gasteiger partial charge on any atom is 0.252 e. The molecule has 2 N–H and O–H groups in total. The molecular formula is C22H22N2O3S2. The van der Waals surface area contributed by atoms with Gasteiger partial charge in [-0.3, -0.25) is 9.59 Å². The lowest BCUT2D eigenvalue weighted by molar-refractivity contribution is -0.115. The first kappa shape index (κ1) is 21.0. The Labute approximate surface area is 178 Å². The van der Waals surface area contributed by atoms with Gasteiger partial charge in [0.1, 0.15) is 5.75 Å². The molecule has 3 aromatic rings. The van der Waals surface area contributed by atoms with Crippen LogP contribution in [-0.4, -0.2) is 25.5 Å². The molecule has 1 heterocycles. The van der Waals surface area contributed by atoms with Gasteiger partial charge in [0.2, 0.25) is 5.91 Å². The topological polar surface area (TPSA) is 67.4 Å². The van der Waals surface area contributed by atoms with Gasteiger partial charge < -0.3 is 15.4 Å². The highest BCUT2D eigenvalue weighted by Crippen LogP contribution is 2.28. The van der Waals surface area contributed by atoms with E-state index in [1.165, 1.54) is 4.88 Å². The molecule has 5 nitrogen and oxygen atoms in total. The smallest absolute Gasteiger partial charge is 0.252 e. The Bertz CT molecular complexity index is 987. The molecule has 3 rings (SSSR count). The van der Waals surface area contributed by atoms with E-state index in [4.69, 9.17) is 4.74 Å². The summed E-state index contributed by atoms with van der Waals surface area (Å²) in [5.74, 6) is 0.789. The van der Waals surface area contributed by atoms with Gasteiger partial charge in [0.25, 0.3) is 5.91 Å². The van der Waals surface area contributed by atoms with Crippen molar-refractivity contribution in [3.05, 3.63) is 76.0 Å². The normalized spacial score (nSPS) is 10.4. The van der Waals surface area contributed by atoms with Crippen molar-refractivity contribution in [2.24, 2.45) is 0 Å². The number of hydrogen-bond donors (Lipinski definition) is 2. The summed E-state index contributed by atoms with van der Waals surface area (Å²) in [7, 11) is 1.55. The second kappa shape index (κ2) is 10.1. The van der Waals surface area contributed by atoms with Gasteiger partial charge >= 0.3 is 0 Å². The van der Waals surface area contributed by atoms with Crippen molar-refractivity contribution >= 4 is 40.6 Å². The zero-order valence-corrected chi connectivity index (χ0v) is 17.9. The number of benzene rings is 2. The van der Waals surface area contributed by atoms with Gasteiger partial charge in [0.05, 0.1) is 24.9 Å². The van der Waals surface area contributed by atoms with Crippen molar-refractivity contribution in [3.63, 3.8) is 0 Å². The highest BCUT2D eigenvalue weighted by molar-refractivity contribution is 7.98. The number of methoxy groups -OCH3 is 1. The lowest BCUT2D eigenvalue weighted by Gasteiger charge is -2.12. The summed E-state index contributed by atoms with van der Waals surface area (Å²) in [5.41, 5.74) is 2.15. The Morgan fingerprint density at radius 2 is 1.93 bits per heavy atom. The third-order valence-electron chi connectivity index (χ3n) is 4.12.